The SMILES string of the molecule is O=C(Nc1cn2cc(Br)cc(Br)c2n1)C(F)(F)F. The van der Waals surface area contributed by atoms with Gasteiger partial charge in [0.1, 0.15) is 0 Å². The first kappa shape index (κ1) is 13.3. The summed E-state index contributed by atoms with van der Waals surface area (Å²) in [5.41, 5.74) is 0.399. The fourth-order valence-corrected chi connectivity index (χ4v) is 2.57. The number of aromatic nitrogens is 2. The Labute approximate surface area is 115 Å². The van der Waals surface area contributed by atoms with Crippen molar-refractivity contribution >= 4 is 49.2 Å². The Hall–Kier alpha value is -1.09. The van der Waals surface area contributed by atoms with Crippen LogP contribution in [0.4, 0.5) is 19.0 Å². The summed E-state index contributed by atoms with van der Waals surface area (Å²) in [4.78, 5) is 14.6. The summed E-state index contributed by atoms with van der Waals surface area (Å²) in [6.45, 7) is 0. The van der Waals surface area contributed by atoms with Gasteiger partial charge in [0.15, 0.2) is 11.5 Å². The van der Waals surface area contributed by atoms with Crippen molar-refractivity contribution in [3.63, 3.8) is 0 Å². The molecule has 0 saturated heterocycles. The quantitative estimate of drug-likeness (QED) is 0.816. The molecule has 96 valence electrons. The number of anilines is 1. The molecule has 0 saturated carbocycles. The first-order valence-corrected chi connectivity index (χ1v) is 6.08. The molecule has 0 aliphatic carbocycles. The third-order valence-corrected chi connectivity index (χ3v) is 2.99. The number of rotatable bonds is 1. The molecule has 9 heteroatoms. The minimum Gasteiger partial charge on any atom is -0.303 e. The lowest BCUT2D eigenvalue weighted by molar-refractivity contribution is -0.167. The van der Waals surface area contributed by atoms with Gasteiger partial charge in [-0.2, -0.15) is 13.2 Å². The summed E-state index contributed by atoms with van der Waals surface area (Å²) in [7, 11) is 0. The van der Waals surface area contributed by atoms with E-state index in [2.05, 4.69) is 36.8 Å². The third-order valence-electron chi connectivity index (χ3n) is 1.97. The predicted octanol–water partition coefficient (Wildman–Crippen LogP) is 3.36. The van der Waals surface area contributed by atoms with Crippen LogP contribution in [-0.2, 0) is 4.79 Å². The molecular formula is C9H4Br2F3N3O. The molecule has 2 rings (SSSR count). The van der Waals surface area contributed by atoms with Gasteiger partial charge >= 0.3 is 12.1 Å². The van der Waals surface area contributed by atoms with E-state index in [1.54, 1.807) is 17.6 Å². The molecule has 2 aromatic rings. The van der Waals surface area contributed by atoms with Crippen LogP contribution in [0.5, 0.6) is 0 Å². The van der Waals surface area contributed by atoms with Gasteiger partial charge in [0.05, 0.1) is 10.7 Å². The number of hydrogen-bond acceptors (Lipinski definition) is 2. The highest BCUT2D eigenvalue weighted by Crippen LogP contribution is 2.24. The highest BCUT2D eigenvalue weighted by atomic mass is 79.9. The van der Waals surface area contributed by atoms with Crippen LogP contribution >= 0.6 is 31.9 Å². The molecule has 0 aromatic carbocycles. The molecule has 0 fully saturated rings. The average molecular weight is 387 g/mol. The molecule has 0 aliphatic heterocycles. The van der Waals surface area contributed by atoms with E-state index in [9.17, 15) is 18.0 Å². The standard InChI is InChI=1S/C9H4Br2F3N3O/c10-4-1-5(11)7-15-6(3-17(7)2-4)16-8(18)9(12,13)14/h1-3H,(H,16,18). The van der Waals surface area contributed by atoms with Crippen LogP contribution in [-0.4, -0.2) is 21.5 Å². The smallest absolute Gasteiger partial charge is 0.303 e. The topological polar surface area (TPSA) is 46.4 Å². The van der Waals surface area contributed by atoms with Crippen molar-refractivity contribution in [1.29, 1.82) is 0 Å². The molecule has 0 spiro atoms. The second-order valence-corrected chi connectivity index (χ2v) is 5.09. The van der Waals surface area contributed by atoms with Crippen LogP contribution in [0.15, 0.2) is 27.4 Å². The van der Waals surface area contributed by atoms with E-state index in [1.807, 2.05) is 0 Å². The molecule has 2 heterocycles. The van der Waals surface area contributed by atoms with Crippen LogP contribution in [0.3, 0.4) is 0 Å². The van der Waals surface area contributed by atoms with E-state index in [0.717, 1.165) is 0 Å². The molecule has 0 aliphatic rings. The van der Waals surface area contributed by atoms with E-state index in [-0.39, 0.29) is 5.82 Å². The number of pyridine rings is 1. The second-order valence-electron chi connectivity index (χ2n) is 3.32. The molecule has 0 atom stereocenters. The fraction of sp³-hybridized carbons (Fsp3) is 0.111. The normalized spacial score (nSPS) is 11.8. The summed E-state index contributed by atoms with van der Waals surface area (Å²) in [5.74, 6) is -2.22. The van der Waals surface area contributed by atoms with Gasteiger partial charge in [0.2, 0.25) is 0 Å². The lowest BCUT2D eigenvalue weighted by Crippen LogP contribution is -2.30. The van der Waals surface area contributed by atoms with Crippen LogP contribution in [0, 0.1) is 0 Å². The molecular weight excluding hydrogens is 383 g/mol. The summed E-state index contributed by atoms with van der Waals surface area (Å²) >= 11 is 6.45. The summed E-state index contributed by atoms with van der Waals surface area (Å²) in [6, 6.07) is 1.69. The Morgan fingerprint density at radius 2 is 2.00 bits per heavy atom. The maximum absolute atomic E-state index is 12.1. The molecule has 0 bridgehead atoms. The number of nitrogens with zero attached hydrogens (tertiary/aromatic N) is 2. The van der Waals surface area contributed by atoms with E-state index >= 15 is 0 Å². The average Bonchev–Trinajstić information content (AvgIpc) is 2.58. The lowest BCUT2D eigenvalue weighted by Gasteiger charge is -2.04. The number of halogens is 5. The zero-order chi connectivity index (χ0) is 13.5. The van der Waals surface area contributed by atoms with Crippen molar-refractivity contribution in [3.8, 4) is 0 Å². The molecule has 4 nitrogen and oxygen atoms in total. The number of amides is 1. The van der Waals surface area contributed by atoms with Gasteiger partial charge < -0.3 is 9.72 Å². The van der Waals surface area contributed by atoms with Crippen molar-refractivity contribution in [2.75, 3.05) is 5.32 Å². The van der Waals surface area contributed by atoms with Gasteiger partial charge in [0, 0.05) is 10.7 Å². The minimum absolute atomic E-state index is 0.170. The number of fused-ring (bicyclic) bond motifs is 1. The number of alkyl halides is 3. The number of nitrogens with one attached hydrogen (secondary N) is 1. The van der Waals surface area contributed by atoms with Crippen LogP contribution < -0.4 is 5.32 Å². The van der Waals surface area contributed by atoms with Gasteiger partial charge in [-0.25, -0.2) is 4.98 Å². The Balaban J connectivity index is 2.37. The maximum Gasteiger partial charge on any atom is 0.471 e. The first-order valence-electron chi connectivity index (χ1n) is 4.49. The fourth-order valence-electron chi connectivity index (χ4n) is 1.27. The number of hydrogen-bond donors (Lipinski definition) is 1. The number of imidazole rings is 1. The largest absolute Gasteiger partial charge is 0.471 e. The van der Waals surface area contributed by atoms with Crippen molar-refractivity contribution in [2.24, 2.45) is 0 Å². The van der Waals surface area contributed by atoms with Gasteiger partial charge in [-0.1, -0.05) is 0 Å². The Kier molecular flexibility index (Phi) is 3.37. The van der Waals surface area contributed by atoms with Gasteiger partial charge in [-0.15, -0.1) is 0 Å². The Bertz CT molecular complexity index is 623. The zero-order valence-corrected chi connectivity index (χ0v) is 11.6. The second kappa shape index (κ2) is 4.54. The molecule has 2 aromatic heterocycles. The third kappa shape index (κ3) is 2.66. The molecule has 18 heavy (non-hydrogen) atoms. The monoisotopic (exact) mass is 385 g/mol. The highest BCUT2D eigenvalue weighted by molar-refractivity contribution is 9.11. The predicted molar refractivity (Wildman–Crippen MR) is 65.3 cm³/mol. The van der Waals surface area contributed by atoms with Crippen molar-refractivity contribution in [2.45, 2.75) is 6.18 Å². The van der Waals surface area contributed by atoms with E-state index < -0.39 is 12.1 Å². The summed E-state index contributed by atoms with van der Waals surface area (Å²) < 4.78 is 39.0. The van der Waals surface area contributed by atoms with Crippen LogP contribution in [0.1, 0.15) is 0 Å². The highest BCUT2D eigenvalue weighted by Gasteiger charge is 2.39. The lowest BCUT2D eigenvalue weighted by atomic mass is 10.5. The molecule has 1 N–H and O–H groups in total. The van der Waals surface area contributed by atoms with Gasteiger partial charge in [-0.3, -0.25) is 4.79 Å². The summed E-state index contributed by atoms with van der Waals surface area (Å²) in [6.07, 6.45) is -2.04. The van der Waals surface area contributed by atoms with E-state index in [1.165, 1.54) is 10.6 Å². The zero-order valence-electron chi connectivity index (χ0n) is 8.42. The molecule has 1 amide bonds. The maximum atomic E-state index is 12.1. The Morgan fingerprint density at radius 1 is 1.33 bits per heavy atom. The summed E-state index contributed by atoms with van der Waals surface area (Å²) in [5, 5.41) is 1.69. The van der Waals surface area contributed by atoms with E-state index in [4.69, 9.17) is 0 Å². The van der Waals surface area contributed by atoms with Crippen molar-refractivity contribution < 1.29 is 18.0 Å². The van der Waals surface area contributed by atoms with Crippen molar-refractivity contribution in [1.82, 2.24) is 9.38 Å². The number of carbonyl (C=O) groups is 1. The first-order chi connectivity index (χ1) is 8.27. The van der Waals surface area contributed by atoms with Crippen LogP contribution in [0.25, 0.3) is 5.65 Å². The minimum atomic E-state index is -4.94. The van der Waals surface area contributed by atoms with E-state index in [0.29, 0.717) is 14.6 Å². The number of carbonyl (C=O) groups excluding carboxylic acids is 1. The Morgan fingerprint density at radius 3 is 2.61 bits per heavy atom. The van der Waals surface area contributed by atoms with Crippen LogP contribution in [0.2, 0.25) is 0 Å². The molecule has 0 radical (unpaired) electrons. The molecule has 0 unspecified atom stereocenters. The van der Waals surface area contributed by atoms with Gasteiger partial charge in [0.25, 0.3) is 0 Å². The van der Waals surface area contributed by atoms with Gasteiger partial charge in [-0.05, 0) is 37.9 Å². The van der Waals surface area contributed by atoms with Crippen molar-refractivity contribution in [3.05, 3.63) is 27.4 Å².